The molecule has 0 radical (unpaired) electrons. The second kappa shape index (κ2) is 6.86. The van der Waals surface area contributed by atoms with E-state index in [1.54, 1.807) is 23.0 Å². The first-order chi connectivity index (χ1) is 10.1. The summed E-state index contributed by atoms with van der Waals surface area (Å²) < 4.78 is 7.67. The van der Waals surface area contributed by atoms with Crippen molar-refractivity contribution in [1.29, 1.82) is 0 Å². The Kier molecular flexibility index (Phi) is 5.13. The van der Waals surface area contributed by atoms with Gasteiger partial charge in [0.2, 0.25) is 4.77 Å². The van der Waals surface area contributed by atoms with Crippen LogP contribution in [0.2, 0.25) is 0 Å². The normalized spacial score (nSPS) is 11.2. The molecule has 1 aromatic carbocycles. The number of phenolic OH excluding ortho intramolecular Hbond substituents is 1. The number of hydrogen-bond acceptors (Lipinski definition) is 5. The summed E-state index contributed by atoms with van der Waals surface area (Å²) in [5.74, 6) is 1.21. The topological polar surface area (TPSA) is 75.4 Å². The van der Waals surface area contributed by atoms with Crippen LogP contribution in [0.15, 0.2) is 21.7 Å². The molecular weight excluding hydrogens is 356 g/mol. The highest BCUT2D eigenvalue weighted by Gasteiger charge is 2.08. The quantitative estimate of drug-likeness (QED) is 0.625. The Morgan fingerprint density at radius 1 is 1.57 bits per heavy atom. The summed E-state index contributed by atoms with van der Waals surface area (Å²) in [5, 5.41) is 21.0. The van der Waals surface area contributed by atoms with Gasteiger partial charge in [0, 0.05) is 6.42 Å². The van der Waals surface area contributed by atoms with E-state index in [9.17, 15) is 5.11 Å². The number of H-pyrrole nitrogens is 1. The maximum atomic E-state index is 9.78. The number of methoxy groups -OCH3 is 1. The first-order valence-corrected chi connectivity index (χ1v) is 7.54. The fourth-order valence-electron chi connectivity index (χ4n) is 1.78. The van der Waals surface area contributed by atoms with E-state index in [4.69, 9.17) is 17.0 Å². The molecule has 2 N–H and O–H groups in total. The van der Waals surface area contributed by atoms with Crippen LogP contribution in [0.3, 0.4) is 0 Å². The van der Waals surface area contributed by atoms with Gasteiger partial charge < -0.3 is 9.84 Å². The molecule has 6 nitrogen and oxygen atoms in total. The highest BCUT2D eigenvalue weighted by molar-refractivity contribution is 9.10. The Hall–Kier alpha value is -1.67. The molecule has 8 heteroatoms. The molecule has 1 heterocycles. The summed E-state index contributed by atoms with van der Waals surface area (Å²) in [4.78, 5) is 0. The standard InChI is InChI=1S/C13H15BrN4O2S/c1-3-4-11-16-17-13(21)18(11)15-7-8-5-9(14)12(19)10(6-8)20-2/h5-7,19H,3-4H2,1-2H3,(H,17,21)/b15-7+. The van der Waals surface area contributed by atoms with Crippen molar-refractivity contribution in [2.75, 3.05) is 7.11 Å². The van der Waals surface area contributed by atoms with E-state index >= 15 is 0 Å². The van der Waals surface area contributed by atoms with E-state index in [2.05, 4.69) is 38.2 Å². The van der Waals surface area contributed by atoms with Crippen LogP contribution in [0.5, 0.6) is 11.5 Å². The smallest absolute Gasteiger partial charge is 0.216 e. The molecule has 21 heavy (non-hydrogen) atoms. The minimum Gasteiger partial charge on any atom is -0.503 e. The SMILES string of the molecule is CCCc1n[nH]c(=S)n1/N=C/c1cc(Br)c(O)c(OC)c1. The van der Waals surface area contributed by atoms with Gasteiger partial charge in [0.15, 0.2) is 17.3 Å². The Balaban J connectivity index is 2.36. The lowest BCUT2D eigenvalue weighted by Crippen LogP contribution is -1.99. The third kappa shape index (κ3) is 3.51. The Bertz CT molecular complexity index is 723. The van der Waals surface area contributed by atoms with Crippen molar-refractivity contribution in [3.8, 4) is 11.5 Å². The molecule has 2 aromatic rings. The van der Waals surface area contributed by atoms with Gasteiger partial charge >= 0.3 is 0 Å². The van der Waals surface area contributed by atoms with E-state index < -0.39 is 0 Å². The molecule has 1 aromatic heterocycles. The zero-order valence-corrected chi connectivity index (χ0v) is 14.0. The van der Waals surface area contributed by atoms with Crippen molar-refractivity contribution in [3.63, 3.8) is 0 Å². The number of hydrogen-bond donors (Lipinski definition) is 2. The molecule has 0 aliphatic carbocycles. The van der Waals surface area contributed by atoms with Crippen LogP contribution in [0.1, 0.15) is 24.7 Å². The maximum Gasteiger partial charge on any atom is 0.216 e. The number of rotatable bonds is 5. The molecule has 0 saturated heterocycles. The number of benzene rings is 1. The minimum atomic E-state index is 0.0567. The van der Waals surface area contributed by atoms with Crippen molar-refractivity contribution in [1.82, 2.24) is 14.9 Å². The fraction of sp³-hybridized carbons (Fsp3) is 0.308. The first-order valence-electron chi connectivity index (χ1n) is 6.34. The summed E-state index contributed by atoms with van der Waals surface area (Å²) in [6.07, 6.45) is 3.37. The van der Waals surface area contributed by atoms with Crippen LogP contribution in [0.4, 0.5) is 0 Å². The number of nitrogens with one attached hydrogen (secondary N) is 1. The summed E-state index contributed by atoms with van der Waals surface area (Å²) >= 11 is 8.43. The van der Waals surface area contributed by atoms with Gasteiger partial charge in [-0.2, -0.15) is 14.9 Å². The number of aromatic nitrogens is 3. The van der Waals surface area contributed by atoms with Gasteiger partial charge in [-0.3, -0.25) is 5.10 Å². The molecule has 0 amide bonds. The zero-order valence-electron chi connectivity index (χ0n) is 11.6. The lowest BCUT2D eigenvalue weighted by Gasteiger charge is -2.06. The average molecular weight is 371 g/mol. The van der Waals surface area contributed by atoms with Gasteiger partial charge in [-0.25, -0.2) is 0 Å². The van der Waals surface area contributed by atoms with Gasteiger partial charge in [-0.05, 0) is 52.3 Å². The number of aromatic amines is 1. The molecule has 2 rings (SSSR count). The molecule has 0 bridgehead atoms. The molecule has 0 spiro atoms. The lowest BCUT2D eigenvalue weighted by atomic mass is 10.2. The van der Waals surface area contributed by atoms with Crippen molar-refractivity contribution in [2.24, 2.45) is 5.10 Å². The Morgan fingerprint density at radius 3 is 3.00 bits per heavy atom. The van der Waals surface area contributed by atoms with Crippen molar-refractivity contribution < 1.29 is 9.84 Å². The predicted octanol–water partition coefficient (Wildman–Crippen LogP) is 3.25. The number of nitrogens with zero attached hydrogens (tertiary/aromatic N) is 3. The van der Waals surface area contributed by atoms with Crippen LogP contribution in [-0.4, -0.2) is 33.3 Å². The summed E-state index contributed by atoms with van der Waals surface area (Å²) in [7, 11) is 1.49. The average Bonchev–Trinajstić information content (AvgIpc) is 2.81. The third-order valence-corrected chi connectivity index (χ3v) is 3.65. The number of aryl methyl sites for hydroxylation is 1. The predicted molar refractivity (Wildman–Crippen MR) is 86.8 cm³/mol. The molecule has 0 aliphatic heterocycles. The number of aromatic hydroxyl groups is 1. The highest BCUT2D eigenvalue weighted by Crippen LogP contribution is 2.34. The number of ether oxygens (including phenoxy) is 1. The van der Waals surface area contributed by atoms with Crippen molar-refractivity contribution in [3.05, 3.63) is 32.8 Å². The van der Waals surface area contributed by atoms with Crippen LogP contribution in [0.25, 0.3) is 0 Å². The first kappa shape index (κ1) is 15.7. The van der Waals surface area contributed by atoms with E-state index in [1.807, 2.05) is 0 Å². The van der Waals surface area contributed by atoms with Crippen LogP contribution < -0.4 is 4.74 Å². The summed E-state index contributed by atoms with van der Waals surface area (Å²) in [6.45, 7) is 2.06. The summed E-state index contributed by atoms with van der Waals surface area (Å²) in [6, 6.07) is 3.43. The van der Waals surface area contributed by atoms with E-state index in [-0.39, 0.29) is 5.75 Å². The van der Waals surface area contributed by atoms with Gasteiger partial charge in [0.25, 0.3) is 0 Å². The van der Waals surface area contributed by atoms with Gasteiger partial charge in [-0.1, -0.05) is 6.92 Å². The van der Waals surface area contributed by atoms with Gasteiger partial charge in [0.05, 0.1) is 17.8 Å². The zero-order chi connectivity index (χ0) is 15.4. The van der Waals surface area contributed by atoms with Crippen molar-refractivity contribution >= 4 is 34.4 Å². The van der Waals surface area contributed by atoms with E-state index in [0.29, 0.717) is 15.0 Å². The lowest BCUT2D eigenvalue weighted by molar-refractivity contribution is 0.372. The summed E-state index contributed by atoms with van der Waals surface area (Å²) in [5.41, 5.74) is 0.766. The largest absolute Gasteiger partial charge is 0.503 e. The third-order valence-electron chi connectivity index (χ3n) is 2.78. The fourth-order valence-corrected chi connectivity index (χ4v) is 2.43. The van der Waals surface area contributed by atoms with Gasteiger partial charge in [-0.15, -0.1) is 0 Å². The molecule has 0 unspecified atom stereocenters. The van der Waals surface area contributed by atoms with E-state index in [0.717, 1.165) is 24.2 Å². The maximum absolute atomic E-state index is 9.78. The minimum absolute atomic E-state index is 0.0567. The second-order valence-electron chi connectivity index (χ2n) is 4.30. The van der Waals surface area contributed by atoms with Crippen LogP contribution in [0, 0.1) is 4.77 Å². The highest BCUT2D eigenvalue weighted by atomic mass is 79.9. The Morgan fingerprint density at radius 2 is 2.33 bits per heavy atom. The van der Waals surface area contributed by atoms with E-state index in [1.165, 1.54) is 7.11 Å². The number of halogens is 1. The molecule has 0 aliphatic rings. The monoisotopic (exact) mass is 370 g/mol. The molecule has 0 fully saturated rings. The van der Waals surface area contributed by atoms with Crippen molar-refractivity contribution in [2.45, 2.75) is 19.8 Å². The van der Waals surface area contributed by atoms with Gasteiger partial charge in [0.1, 0.15) is 0 Å². The van der Waals surface area contributed by atoms with Crippen LogP contribution >= 0.6 is 28.1 Å². The Labute approximate surface area is 135 Å². The second-order valence-corrected chi connectivity index (χ2v) is 5.55. The molecule has 0 saturated carbocycles. The molecule has 112 valence electrons. The molecular formula is C13H15BrN4O2S. The molecule has 0 atom stereocenters. The number of phenols is 1. The van der Waals surface area contributed by atoms with Crippen LogP contribution in [-0.2, 0) is 6.42 Å².